The van der Waals surface area contributed by atoms with Crippen LogP contribution in [0.4, 0.5) is 0 Å². The molecule has 1 heterocycles. The van der Waals surface area contributed by atoms with Crippen LogP contribution in [0.2, 0.25) is 0 Å². The first-order valence-electron chi connectivity index (χ1n) is 5.54. The monoisotopic (exact) mass is 258 g/mol. The van der Waals surface area contributed by atoms with Crippen molar-refractivity contribution in [2.24, 2.45) is 5.11 Å². The quantitative estimate of drug-likeness (QED) is 0.391. The van der Waals surface area contributed by atoms with Gasteiger partial charge in [-0.05, 0) is 17.7 Å². The van der Waals surface area contributed by atoms with E-state index in [1.807, 2.05) is 0 Å². The second-order valence-corrected chi connectivity index (χ2v) is 3.68. The van der Waals surface area contributed by atoms with Gasteiger partial charge in [0.15, 0.2) is 11.2 Å². The lowest BCUT2D eigenvalue weighted by Gasteiger charge is -2.03. The fraction of sp³-hybridized carbons (Fsp3) is 0.167. The zero-order chi connectivity index (χ0) is 13.7. The molecular formula is C12H10N4O3. The fourth-order valence-electron chi connectivity index (χ4n) is 1.57. The predicted molar refractivity (Wildman–Crippen MR) is 68.8 cm³/mol. The van der Waals surface area contributed by atoms with E-state index < -0.39 is 5.91 Å². The number of hydrogen-bond acceptors (Lipinski definition) is 4. The van der Waals surface area contributed by atoms with E-state index in [-0.39, 0.29) is 24.3 Å². The maximum absolute atomic E-state index is 11.8. The van der Waals surface area contributed by atoms with Crippen molar-refractivity contribution in [3.05, 3.63) is 56.8 Å². The van der Waals surface area contributed by atoms with Crippen LogP contribution < -0.4 is 10.7 Å². The van der Waals surface area contributed by atoms with E-state index in [2.05, 4.69) is 15.3 Å². The average molecular weight is 258 g/mol. The maximum Gasteiger partial charge on any atom is 0.287 e. The first-order valence-corrected chi connectivity index (χ1v) is 5.54. The van der Waals surface area contributed by atoms with Gasteiger partial charge in [0, 0.05) is 24.1 Å². The summed E-state index contributed by atoms with van der Waals surface area (Å²) in [5.74, 6) is -0.583. The van der Waals surface area contributed by atoms with Gasteiger partial charge in [0.1, 0.15) is 5.58 Å². The Bertz CT molecular complexity index is 716. The summed E-state index contributed by atoms with van der Waals surface area (Å²) in [6.45, 7) is 0.319. The molecule has 2 rings (SSSR count). The molecule has 0 saturated heterocycles. The molecule has 0 fully saturated rings. The second-order valence-electron chi connectivity index (χ2n) is 3.68. The molecule has 2 aromatic rings. The highest BCUT2D eigenvalue weighted by Gasteiger charge is 2.11. The van der Waals surface area contributed by atoms with Crippen molar-refractivity contribution < 1.29 is 9.21 Å². The number of azide groups is 1. The van der Waals surface area contributed by atoms with Crippen LogP contribution in [-0.4, -0.2) is 19.0 Å². The smallest absolute Gasteiger partial charge is 0.287 e. The summed E-state index contributed by atoms with van der Waals surface area (Å²) in [5.41, 5.74) is 8.17. The molecule has 96 valence electrons. The number of nitrogens with zero attached hydrogens (tertiary/aromatic N) is 3. The van der Waals surface area contributed by atoms with Crippen molar-refractivity contribution in [3.8, 4) is 0 Å². The Balaban J connectivity index is 2.23. The Morgan fingerprint density at radius 3 is 3.00 bits per heavy atom. The van der Waals surface area contributed by atoms with Gasteiger partial charge in [-0.1, -0.05) is 17.2 Å². The Morgan fingerprint density at radius 1 is 1.42 bits per heavy atom. The SMILES string of the molecule is [N-]=[N+]=NCCNC(=O)c1cc(=O)c2ccccc2o1. The molecule has 7 nitrogen and oxygen atoms in total. The Kier molecular flexibility index (Phi) is 3.80. The minimum Gasteiger partial charge on any atom is -0.451 e. The van der Waals surface area contributed by atoms with Crippen LogP contribution in [0.5, 0.6) is 0 Å². The number of benzene rings is 1. The van der Waals surface area contributed by atoms with E-state index in [4.69, 9.17) is 9.95 Å². The Hall–Kier alpha value is -2.79. The highest BCUT2D eigenvalue weighted by Crippen LogP contribution is 2.11. The lowest BCUT2D eigenvalue weighted by Crippen LogP contribution is -2.26. The van der Waals surface area contributed by atoms with Crippen LogP contribution in [-0.2, 0) is 0 Å². The number of carbonyl (C=O) groups is 1. The van der Waals surface area contributed by atoms with Crippen LogP contribution in [0, 0.1) is 0 Å². The molecule has 0 aliphatic heterocycles. The highest BCUT2D eigenvalue weighted by molar-refractivity contribution is 5.93. The minimum absolute atomic E-state index is 0.0652. The van der Waals surface area contributed by atoms with Gasteiger partial charge in [-0.2, -0.15) is 0 Å². The number of fused-ring (bicyclic) bond motifs is 1. The molecule has 1 aromatic heterocycles. The molecule has 0 bridgehead atoms. The van der Waals surface area contributed by atoms with Crippen LogP contribution in [0.3, 0.4) is 0 Å². The number of carbonyl (C=O) groups excluding carboxylic acids is 1. The summed E-state index contributed by atoms with van der Waals surface area (Å²) >= 11 is 0. The van der Waals surface area contributed by atoms with Gasteiger partial charge in [0.2, 0.25) is 0 Å². The van der Waals surface area contributed by atoms with Crippen molar-refractivity contribution in [3.63, 3.8) is 0 Å². The van der Waals surface area contributed by atoms with Crippen LogP contribution in [0.25, 0.3) is 21.4 Å². The minimum atomic E-state index is -0.518. The van der Waals surface area contributed by atoms with E-state index in [0.29, 0.717) is 11.0 Å². The third kappa shape index (κ3) is 2.91. The molecule has 0 aliphatic carbocycles. The molecule has 0 saturated carbocycles. The first kappa shape index (κ1) is 12.7. The molecule has 1 amide bonds. The van der Waals surface area contributed by atoms with Gasteiger partial charge >= 0.3 is 0 Å². The fourth-order valence-corrected chi connectivity index (χ4v) is 1.57. The Morgan fingerprint density at radius 2 is 2.21 bits per heavy atom. The normalized spacial score (nSPS) is 9.89. The van der Waals surface area contributed by atoms with E-state index in [9.17, 15) is 9.59 Å². The second kappa shape index (κ2) is 5.70. The van der Waals surface area contributed by atoms with Crippen molar-refractivity contribution in [1.82, 2.24) is 5.32 Å². The van der Waals surface area contributed by atoms with Gasteiger partial charge in [-0.3, -0.25) is 9.59 Å². The number of nitrogens with one attached hydrogen (secondary N) is 1. The van der Waals surface area contributed by atoms with Crippen molar-refractivity contribution in [2.75, 3.05) is 13.1 Å². The van der Waals surface area contributed by atoms with E-state index in [0.717, 1.165) is 6.07 Å². The van der Waals surface area contributed by atoms with Crippen LogP contribution in [0.15, 0.2) is 44.7 Å². The van der Waals surface area contributed by atoms with Crippen LogP contribution >= 0.6 is 0 Å². The van der Waals surface area contributed by atoms with Crippen molar-refractivity contribution >= 4 is 16.9 Å². The molecular weight excluding hydrogens is 248 g/mol. The summed E-state index contributed by atoms with van der Waals surface area (Å²) in [6.07, 6.45) is 0. The summed E-state index contributed by atoms with van der Waals surface area (Å²) < 4.78 is 5.35. The molecule has 0 spiro atoms. The topological polar surface area (TPSA) is 108 Å². The maximum atomic E-state index is 11.8. The first-order chi connectivity index (χ1) is 9.22. The Labute approximate surface area is 107 Å². The highest BCUT2D eigenvalue weighted by atomic mass is 16.3. The number of hydrogen-bond donors (Lipinski definition) is 1. The summed E-state index contributed by atoms with van der Waals surface area (Å²) in [7, 11) is 0. The third-order valence-corrected chi connectivity index (χ3v) is 2.42. The zero-order valence-corrected chi connectivity index (χ0v) is 9.87. The van der Waals surface area contributed by atoms with Gasteiger partial charge in [0.05, 0.1) is 5.39 Å². The van der Waals surface area contributed by atoms with E-state index in [1.165, 1.54) is 0 Å². The van der Waals surface area contributed by atoms with E-state index in [1.54, 1.807) is 24.3 Å². The summed E-state index contributed by atoms with van der Waals surface area (Å²) in [4.78, 5) is 26.1. The predicted octanol–water partition coefficient (Wildman–Crippen LogP) is 1.83. The molecule has 19 heavy (non-hydrogen) atoms. The van der Waals surface area contributed by atoms with Gasteiger partial charge in [0.25, 0.3) is 5.91 Å². The molecule has 1 N–H and O–H groups in total. The molecule has 1 aromatic carbocycles. The summed E-state index contributed by atoms with van der Waals surface area (Å²) in [5, 5.41) is 6.19. The zero-order valence-electron chi connectivity index (χ0n) is 9.87. The molecule has 0 aliphatic rings. The molecule has 7 heteroatoms. The van der Waals surface area contributed by atoms with Crippen LogP contribution in [0.1, 0.15) is 10.6 Å². The lowest BCUT2D eigenvalue weighted by atomic mass is 10.2. The number of para-hydroxylation sites is 1. The molecule has 0 atom stereocenters. The van der Waals surface area contributed by atoms with Gasteiger partial charge in [-0.15, -0.1) is 0 Å². The van der Waals surface area contributed by atoms with Crippen molar-refractivity contribution in [1.29, 1.82) is 0 Å². The lowest BCUT2D eigenvalue weighted by molar-refractivity contribution is 0.0927. The molecule has 0 unspecified atom stereocenters. The number of amides is 1. The standard InChI is InChI=1S/C12H10N4O3/c13-16-15-6-5-14-12(18)11-7-9(17)8-3-1-2-4-10(8)19-11/h1-4,7H,5-6H2,(H,14,18). The average Bonchev–Trinajstić information content (AvgIpc) is 2.43. The van der Waals surface area contributed by atoms with Gasteiger partial charge < -0.3 is 9.73 Å². The third-order valence-electron chi connectivity index (χ3n) is 2.42. The van der Waals surface area contributed by atoms with Gasteiger partial charge in [-0.25, -0.2) is 0 Å². The largest absolute Gasteiger partial charge is 0.451 e. The van der Waals surface area contributed by atoms with Crippen molar-refractivity contribution in [2.45, 2.75) is 0 Å². The summed E-state index contributed by atoms with van der Waals surface area (Å²) in [6, 6.07) is 7.83. The number of rotatable bonds is 4. The molecule has 0 radical (unpaired) electrons. The van der Waals surface area contributed by atoms with E-state index >= 15 is 0 Å².